The maximum Gasteiger partial charge on any atom is 0.189 e. The van der Waals surface area contributed by atoms with Crippen molar-refractivity contribution in [2.24, 2.45) is 0 Å². The third-order valence-electron chi connectivity index (χ3n) is 3.61. The van der Waals surface area contributed by atoms with Gasteiger partial charge in [-0.2, -0.15) is 5.26 Å². The van der Waals surface area contributed by atoms with Crippen LogP contribution >= 0.6 is 11.3 Å². The first kappa shape index (κ1) is 15.9. The minimum atomic E-state index is 0.586. The van der Waals surface area contributed by atoms with Crippen LogP contribution in [0, 0.1) is 11.3 Å². The summed E-state index contributed by atoms with van der Waals surface area (Å²) >= 11 is 1.48. The maximum atomic E-state index is 9.19. The number of rotatable bonds is 4. The van der Waals surface area contributed by atoms with Crippen LogP contribution in [0.1, 0.15) is 5.56 Å². The van der Waals surface area contributed by atoms with Gasteiger partial charge in [0.25, 0.3) is 0 Å². The van der Waals surface area contributed by atoms with E-state index in [0.717, 1.165) is 21.8 Å². The SMILES string of the molecule is N#Cc1cccc(-c2nc(Nc3ccccn3)sc2-c2ccncn2)c1. The number of aromatic nitrogens is 4. The van der Waals surface area contributed by atoms with Crippen LogP contribution in [0.5, 0.6) is 0 Å². The number of nitrogens with one attached hydrogen (secondary N) is 1. The number of thiazole rings is 1. The summed E-state index contributed by atoms with van der Waals surface area (Å²) in [6.07, 6.45) is 4.93. The summed E-state index contributed by atoms with van der Waals surface area (Å²) in [5, 5.41) is 13.1. The highest BCUT2D eigenvalue weighted by atomic mass is 32.1. The zero-order valence-electron chi connectivity index (χ0n) is 13.5. The van der Waals surface area contributed by atoms with Crippen LogP contribution in [0.2, 0.25) is 0 Å². The molecule has 0 aliphatic heterocycles. The van der Waals surface area contributed by atoms with Crippen molar-refractivity contribution in [2.45, 2.75) is 0 Å². The molecule has 0 aliphatic rings. The molecule has 26 heavy (non-hydrogen) atoms. The third-order valence-corrected chi connectivity index (χ3v) is 4.60. The Labute approximate surface area is 153 Å². The van der Waals surface area contributed by atoms with E-state index in [1.807, 2.05) is 42.5 Å². The number of pyridine rings is 1. The van der Waals surface area contributed by atoms with Gasteiger partial charge in [-0.1, -0.05) is 29.5 Å². The fourth-order valence-corrected chi connectivity index (χ4v) is 3.42. The van der Waals surface area contributed by atoms with E-state index < -0.39 is 0 Å². The van der Waals surface area contributed by atoms with Crippen LogP contribution in [0.25, 0.3) is 21.8 Å². The Balaban J connectivity index is 1.82. The van der Waals surface area contributed by atoms with Crippen molar-refractivity contribution in [2.75, 3.05) is 5.32 Å². The standard InChI is InChI=1S/C19H12N6S/c20-11-13-4-3-5-14(10-13)17-18(15-7-9-21-12-23-15)26-19(25-17)24-16-6-1-2-8-22-16/h1-10,12H,(H,22,24,25). The molecule has 1 N–H and O–H groups in total. The molecule has 4 aromatic rings. The topological polar surface area (TPSA) is 87.4 Å². The smallest absolute Gasteiger partial charge is 0.189 e. The fraction of sp³-hybridized carbons (Fsp3) is 0. The average Bonchev–Trinajstić information content (AvgIpc) is 3.13. The van der Waals surface area contributed by atoms with Crippen LogP contribution < -0.4 is 5.32 Å². The lowest BCUT2D eigenvalue weighted by molar-refractivity contribution is 1.18. The van der Waals surface area contributed by atoms with E-state index in [-0.39, 0.29) is 0 Å². The Morgan fingerprint density at radius 2 is 1.96 bits per heavy atom. The number of hydrogen-bond donors (Lipinski definition) is 1. The number of hydrogen-bond acceptors (Lipinski definition) is 7. The molecule has 0 aliphatic carbocycles. The summed E-state index contributed by atoms with van der Waals surface area (Å²) < 4.78 is 0. The summed E-state index contributed by atoms with van der Waals surface area (Å²) in [7, 11) is 0. The van der Waals surface area contributed by atoms with E-state index in [1.165, 1.54) is 17.7 Å². The van der Waals surface area contributed by atoms with Gasteiger partial charge in [0.15, 0.2) is 5.13 Å². The van der Waals surface area contributed by atoms with Gasteiger partial charge in [0.05, 0.1) is 27.9 Å². The highest BCUT2D eigenvalue weighted by Crippen LogP contribution is 2.38. The molecule has 0 amide bonds. The first-order valence-electron chi connectivity index (χ1n) is 7.79. The molecule has 6 nitrogen and oxygen atoms in total. The summed E-state index contributed by atoms with van der Waals surface area (Å²) in [5.74, 6) is 0.716. The van der Waals surface area contributed by atoms with Crippen LogP contribution in [-0.2, 0) is 0 Å². The molecule has 0 radical (unpaired) electrons. The van der Waals surface area contributed by atoms with Crippen molar-refractivity contribution in [1.29, 1.82) is 5.26 Å². The van der Waals surface area contributed by atoms with Crippen molar-refractivity contribution < 1.29 is 0 Å². The zero-order chi connectivity index (χ0) is 17.8. The minimum absolute atomic E-state index is 0.586. The molecular formula is C19H12N6S. The molecule has 0 fully saturated rings. The number of nitriles is 1. The molecule has 1 aromatic carbocycles. The minimum Gasteiger partial charge on any atom is -0.316 e. The van der Waals surface area contributed by atoms with Crippen LogP contribution in [0.3, 0.4) is 0 Å². The van der Waals surface area contributed by atoms with E-state index in [9.17, 15) is 5.26 Å². The molecule has 124 valence electrons. The van der Waals surface area contributed by atoms with E-state index in [4.69, 9.17) is 4.98 Å². The van der Waals surface area contributed by atoms with Gasteiger partial charge in [-0.3, -0.25) is 0 Å². The highest BCUT2D eigenvalue weighted by molar-refractivity contribution is 7.19. The van der Waals surface area contributed by atoms with Crippen molar-refractivity contribution in [1.82, 2.24) is 19.9 Å². The molecule has 0 saturated heterocycles. The largest absolute Gasteiger partial charge is 0.316 e. The highest BCUT2D eigenvalue weighted by Gasteiger charge is 2.16. The second-order valence-electron chi connectivity index (χ2n) is 5.32. The second-order valence-corrected chi connectivity index (χ2v) is 6.32. The monoisotopic (exact) mass is 356 g/mol. The Hall–Kier alpha value is -3.63. The summed E-state index contributed by atoms with van der Waals surface area (Å²) in [4.78, 5) is 18.2. The maximum absolute atomic E-state index is 9.19. The van der Waals surface area contributed by atoms with Gasteiger partial charge in [-0.25, -0.2) is 19.9 Å². The Morgan fingerprint density at radius 1 is 1.00 bits per heavy atom. The van der Waals surface area contributed by atoms with E-state index >= 15 is 0 Å². The molecule has 4 rings (SSSR count). The van der Waals surface area contributed by atoms with Gasteiger partial charge >= 0.3 is 0 Å². The molecular weight excluding hydrogens is 344 g/mol. The van der Waals surface area contributed by atoms with Gasteiger partial charge in [-0.05, 0) is 30.3 Å². The molecule has 0 atom stereocenters. The quantitative estimate of drug-likeness (QED) is 0.587. The lowest BCUT2D eigenvalue weighted by Gasteiger charge is -2.02. The van der Waals surface area contributed by atoms with Crippen molar-refractivity contribution in [3.8, 4) is 27.9 Å². The molecule has 0 unspecified atom stereocenters. The second kappa shape index (κ2) is 7.09. The Bertz CT molecular complexity index is 1070. The molecule has 0 bridgehead atoms. The predicted octanol–water partition coefficient (Wildman–Crippen LogP) is 4.28. The molecule has 0 saturated carbocycles. The van der Waals surface area contributed by atoms with Gasteiger partial charge in [-0.15, -0.1) is 0 Å². The fourth-order valence-electron chi connectivity index (χ4n) is 2.45. The van der Waals surface area contributed by atoms with Crippen molar-refractivity contribution in [3.05, 3.63) is 72.8 Å². The van der Waals surface area contributed by atoms with Crippen LogP contribution in [0.15, 0.2) is 67.3 Å². The van der Waals surface area contributed by atoms with Crippen molar-refractivity contribution >= 4 is 22.3 Å². The lowest BCUT2D eigenvalue weighted by atomic mass is 10.1. The van der Waals surface area contributed by atoms with Gasteiger partial charge < -0.3 is 5.32 Å². The van der Waals surface area contributed by atoms with Gasteiger partial charge in [0.1, 0.15) is 12.1 Å². The van der Waals surface area contributed by atoms with E-state index in [1.54, 1.807) is 18.5 Å². The molecule has 3 aromatic heterocycles. The average molecular weight is 356 g/mol. The lowest BCUT2D eigenvalue weighted by Crippen LogP contribution is -1.91. The third kappa shape index (κ3) is 3.27. The number of nitrogens with zero attached hydrogens (tertiary/aromatic N) is 5. The Morgan fingerprint density at radius 3 is 2.73 bits per heavy atom. The van der Waals surface area contributed by atoms with Crippen LogP contribution in [0.4, 0.5) is 10.9 Å². The van der Waals surface area contributed by atoms with Crippen LogP contribution in [-0.4, -0.2) is 19.9 Å². The summed E-state index contributed by atoms with van der Waals surface area (Å²) in [5.41, 5.74) is 3.00. The summed E-state index contributed by atoms with van der Waals surface area (Å²) in [6.45, 7) is 0. The number of anilines is 2. The van der Waals surface area contributed by atoms with Gasteiger partial charge in [0.2, 0.25) is 0 Å². The van der Waals surface area contributed by atoms with E-state index in [2.05, 4.69) is 26.3 Å². The normalized spacial score (nSPS) is 10.3. The first-order valence-corrected chi connectivity index (χ1v) is 8.61. The molecule has 0 spiro atoms. The summed E-state index contributed by atoms with van der Waals surface area (Å²) in [6, 6.07) is 17.0. The Kier molecular flexibility index (Phi) is 4.33. The van der Waals surface area contributed by atoms with Crippen molar-refractivity contribution in [3.63, 3.8) is 0 Å². The number of benzene rings is 1. The molecule has 7 heteroatoms. The zero-order valence-corrected chi connectivity index (χ0v) is 14.3. The van der Waals surface area contributed by atoms with Gasteiger partial charge in [0, 0.05) is 18.0 Å². The first-order chi connectivity index (χ1) is 12.8. The van der Waals surface area contributed by atoms with E-state index in [0.29, 0.717) is 16.5 Å². The predicted molar refractivity (Wildman–Crippen MR) is 101 cm³/mol. The molecule has 3 heterocycles.